The molecule has 2 aliphatic heterocycles. The molecule has 1 unspecified atom stereocenters. The van der Waals surface area contributed by atoms with Gasteiger partial charge in [-0.25, -0.2) is 4.90 Å². The molecule has 35 heavy (non-hydrogen) atoms. The molecular weight excluding hydrogens is 460 g/mol. The number of para-hydroxylation sites is 1. The van der Waals surface area contributed by atoms with Gasteiger partial charge in [0.2, 0.25) is 11.8 Å². The second kappa shape index (κ2) is 9.35. The van der Waals surface area contributed by atoms with E-state index in [9.17, 15) is 14.4 Å². The van der Waals surface area contributed by atoms with Gasteiger partial charge < -0.3 is 14.5 Å². The highest BCUT2D eigenvalue weighted by Gasteiger charge is 2.54. The van der Waals surface area contributed by atoms with Gasteiger partial charge in [-0.15, -0.1) is 0 Å². The van der Waals surface area contributed by atoms with E-state index in [1.165, 1.54) is 4.90 Å². The van der Waals surface area contributed by atoms with Crippen LogP contribution in [0.1, 0.15) is 76.6 Å². The highest BCUT2D eigenvalue weighted by molar-refractivity contribution is 6.74. The summed E-state index contributed by atoms with van der Waals surface area (Å²) in [5.41, 5.74) is -0.523. The van der Waals surface area contributed by atoms with Crippen LogP contribution < -0.4 is 10.1 Å². The first-order chi connectivity index (χ1) is 16.4. The van der Waals surface area contributed by atoms with Crippen molar-refractivity contribution in [1.29, 1.82) is 0 Å². The maximum atomic E-state index is 13.9. The van der Waals surface area contributed by atoms with Crippen molar-refractivity contribution < 1.29 is 23.5 Å². The van der Waals surface area contributed by atoms with Crippen molar-refractivity contribution in [2.75, 3.05) is 6.61 Å². The van der Waals surface area contributed by atoms with Gasteiger partial charge in [-0.1, -0.05) is 46.2 Å². The lowest BCUT2D eigenvalue weighted by Gasteiger charge is -2.50. The standard InChI is InChI=1S/C27H40N2O5Si/c1-18(22-20(23(30)28-22)14-17-33-35(5,6)26(2,3)4)24(31)29-25(32)19-12-8-9-13-21(19)34-27(29)15-10-7-11-16-27/h8-9,12-13,18,20,22H,7,10-11,14-17H2,1-6H3,(H,28,30)/t18?,20-,22-/m1/s1. The molecule has 4 rings (SSSR count). The molecule has 7 nitrogen and oxygen atoms in total. The number of nitrogens with zero attached hydrogens (tertiary/aromatic N) is 1. The van der Waals surface area contributed by atoms with Gasteiger partial charge in [-0.3, -0.25) is 14.4 Å². The number of amides is 3. The SMILES string of the molecule is CC(C(=O)N1C(=O)c2ccccc2OC12CCCCC2)[C@H]1NC(=O)[C@@H]1CCO[Si](C)(C)C(C)(C)C. The van der Waals surface area contributed by atoms with Gasteiger partial charge in [0.25, 0.3) is 5.91 Å². The molecule has 1 saturated heterocycles. The van der Waals surface area contributed by atoms with Crippen molar-refractivity contribution >= 4 is 26.0 Å². The van der Waals surface area contributed by atoms with Gasteiger partial charge in [0.05, 0.1) is 23.4 Å². The summed E-state index contributed by atoms with van der Waals surface area (Å²) in [7, 11) is -1.92. The Kier molecular flexibility index (Phi) is 6.92. The molecule has 1 aromatic rings. The Hall–Kier alpha value is -2.19. The Morgan fingerprint density at radius 1 is 1.20 bits per heavy atom. The molecule has 0 bridgehead atoms. The van der Waals surface area contributed by atoms with Crippen LogP contribution in [-0.4, -0.2) is 49.3 Å². The lowest BCUT2D eigenvalue weighted by Crippen LogP contribution is -2.67. The zero-order valence-corrected chi connectivity index (χ0v) is 23.0. The molecule has 3 amide bonds. The Labute approximate surface area is 210 Å². The minimum atomic E-state index is -1.92. The van der Waals surface area contributed by atoms with Crippen molar-refractivity contribution in [2.45, 2.75) is 96.1 Å². The molecule has 0 radical (unpaired) electrons. The maximum Gasteiger partial charge on any atom is 0.267 e. The zero-order valence-electron chi connectivity index (χ0n) is 22.0. The van der Waals surface area contributed by atoms with Gasteiger partial charge in [0.15, 0.2) is 14.0 Å². The predicted molar refractivity (Wildman–Crippen MR) is 136 cm³/mol. The Balaban J connectivity index is 1.50. The second-order valence-electron chi connectivity index (χ2n) is 11.9. The molecular formula is C27H40N2O5Si. The number of nitrogens with one attached hydrogen (secondary N) is 1. The average Bonchev–Trinajstić information content (AvgIpc) is 2.79. The van der Waals surface area contributed by atoms with Crippen LogP contribution in [0.25, 0.3) is 0 Å². The minimum absolute atomic E-state index is 0.0487. The Bertz CT molecular complexity index is 996. The van der Waals surface area contributed by atoms with E-state index in [-0.39, 0.29) is 34.7 Å². The average molecular weight is 501 g/mol. The molecule has 192 valence electrons. The third-order valence-corrected chi connectivity index (χ3v) is 13.1. The van der Waals surface area contributed by atoms with Crippen LogP contribution in [0, 0.1) is 11.8 Å². The van der Waals surface area contributed by atoms with Gasteiger partial charge in [0, 0.05) is 19.4 Å². The van der Waals surface area contributed by atoms with Crippen LogP contribution in [0.3, 0.4) is 0 Å². The topological polar surface area (TPSA) is 84.9 Å². The van der Waals surface area contributed by atoms with Crippen LogP contribution in [-0.2, 0) is 14.0 Å². The summed E-state index contributed by atoms with van der Waals surface area (Å²) in [4.78, 5) is 41.3. The lowest BCUT2D eigenvalue weighted by molar-refractivity contribution is -0.161. The van der Waals surface area contributed by atoms with Gasteiger partial charge in [0.1, 0.15) is 5.75 Å². The molecule has 1 aromatic carbocycles. The first-order valence-electron chi connectivity index (χ1n) is 13.0. The van der Waals surface area contributed by atoms with Crippen molar-refractivity contribution in [3.8, 4) is 5.75 Å². The normalized spacial score (nSPS) is 24.8. The fourth-order valence-corrected chi connectivity index (χ4v) is 6.32. The number of hydrogen-bond donors (Lipinski definition) is 1. The second-order valence-corrected chi connectivity index (χ2v) is 16.7. The van der Waals surface area contributed by atoms with E-state index in [2.05, 4.69) is 39.2 Å². The molecule has 2 heterocycles. The fourth-order valence-electron chi connectivity index (χ4n) is 5.26. The number of rotatable bonds is 6. The molecule has 1 saturated carbocycles. The van der Waals surface area contributed by atoms with E-state index in [1.54, 1.807) is 18.2 Å². The van der Waals surface area contributed by atoms with Crippen molar-refractivity contribution in [3.63, 3.8) is 0 Å². The smallest absolute Gasteiger partial charge is 0.267 e. The number of benzene rings is 1. The van der Waals surface area contributed by atoms with Crippen molar-refractivity contribution in [2.24, 2.45) is 11.8 Å². The monoisotopic (exact) mass is 500 g/mol. The number of fused-ring (bicyclic) bond motifs is 1. The third-order valence-electron chi connectivity index (χ3n) is 8.59. The number of hydrogen-bond acceptors (Lipinski definition) is 5. The van der Waals surface area contributed by atoms with E-state index in [0.717, 1.165) is 19.3 Å². The number of β-lactam (4-membered cyclic amide) rings is 1. The predicted octanol–water partition coefficient (Wildman–Crippen LogP) is 4.87. The summed E-state index contributed by atoms with van der Waals surface area (Å²) in [5.74, 6) is -0.904. The first-order valence-corrected chi connectivity index (χ1v) is 15.9. The van der Waals surface area contributed by atoms with E-state index >= 15 is 0 Å². The number of imide groups is 1. The van der Waals surface area contributed by atoms with Gasteiger partial charge in [-0.2, -0.15) is 0 Å². The van der Waals surface area contributed by atoms with Crippen molar-refractivity contribution in [1.82, 2.24) is 10.2 Å². The first kappa shape index (κ1) is 25.9. The highest BCUT2D eigenvalue weighted by atomic mass is 28.4. The Morgan fingerprint density at radius 3 is 2.49 bits per heavy atom. The van der Waals surface area contributed by atoms with Crippen LogP contribution in [0.4, 0.5) is 0 Å². The lowest BCUT2D eigenvalue weighted by atomic mass is 9.78. The van der Waals surface area contributed by atoms with Crippen molar-refractivity contribution in [3.05, 3.63) is 29.8 Å². The van der Waals surface area contributed by atoms with E-state index in [1.807, 2.05) is 13.0 Å². The summed E-state index contributed by atoms with van der Waals surface area (Å²) >= 11 is 0. The molecule has 1 spiro atoms. The molecule has 1 aliphatic carbocycles. The van der Waals surface area contributed by atoms with Gasteiger partial charge in [-0.05, 0) is 49.5 Å². The largest absolute Gasteiger partial charge is 0.467 e. The molecule has 0 aromatic heterocycles. The molecule has 3 atom stereocenters. The summed E-state index contributed by atoms with van der Waals surface area (Å²) < 4.78 is 12.7. The summed E-state index contributed by atoms with van der Waals surface area (Å²) in [6.07, 6.45) is 4.70. The molecule has 2 fully saturated rings. The molecule has 1 N–H and O–H groups in total. The third kappa shape index (κ3) is 4.67. The van der Waals surface area contributed by atoms with Crippen LogP contribution in [0.5, 0.6) is 5.75 Å². The molecule has 8 heteroatoms. The number of carbonyl (C=O) groups excluding carboxylic acids is 3. The maximum absolute atomic E-state index is 13.9. The van der Waals surface area contributed by atoms with Crippen LogP contribution in [0.2, 0.25) is 18.1 Å². The quantitative estimate of drug-likeness (QED) is 0.445. The summed E-state index contributed by atoms with van der Waals surface area (Å²) in [5, 5.41) is 3.03. The molecule has 3 aliphatic rings. The van der Waals surface area contributed by atoms with Crippen LogP contribution in [0.15, 0.2) is 24.3 Å². The van der Waals surface area contributed by atoms with E-state index < -0.39 is 20.0 Å². The summed E-state index contributed by atoms with van der Waals surface area (Å²) in [6.45, 7) is 13.3. The highest BCUT2D eigenvalue weighted by Crippen LogP contribution is 2.43. The van der Waals surface area contributed by atoms with Crippen LogP contribution >= 0.6 is 0 Å². The van der Waals surface area contributed by atoms with E-state index in [0.29, 0.717) is 37.2 Å². The number of ether oxygens (including phenoxy) is 1. The fraction of sp³-hybridized carbons (Fsp3) is 0.667. The minimum Gasteiger partial charge on any atom is -0.467 e. The Morgan fingerprint density at radius 2 is 1.86 bits per heavy atom. The summed E-state index contributed by atoms with van der Waals surface area (Å²) in [6, 6.07) is 6.84. The number of carbonyl (C=O) groups is 3. The van der Waals surface area contributed by atoms with E-state index in [4.69, 9.17) is 9.16 Å². The zero-order chi connectivity index (χ0) is 25.6. The van der Waals surface area contributed by atoms with Gasteiger partial charge >= 0.3 is 0 Å².